The summed E-state index contributed by atoms with van der Waals surface area (Å²) in [6.07, 6.45) is 4.38. The first-order valence-corrected chi connectivity index (χ1v) is 7.87. The van der Waals surface area contributed by atoms with Crippen molar-refractivity contribution in [1.82, 2.24) is 4.72 Å². The molecular formula is C14H19NO4S. The third kappa shape index (κ3) is 4.79. The van der Waals surface area contributed by atoms with Crippen LogP contribution in [0.25, 0.3) is 0 Å². The fourth-order valence-electron chi connectivity index (χ4n) is 1.51. The number of hydrogen-bond acceptors (Lipinski definition) is 4. The number of hydrogen-bond donors (Lipinski definition) is 1. The molecule has 0 unspecified atom stereocenters. The normalized spacial score (nSPS) is 11.7. The molecular weight excluding hydrogens is 278 g/mol. The molecule has 6 heteroatoms. The van der Waals surface area contributed by atoms with E-state index >= 15 is 0 Å². The zero-order valence-electron chi connectivity index (χ0n) is 11.6. The van der Waals surface area contributed by atoms with Gasteiger partial charge in [-0.1, -0.05) is 12.2 Å². The molecule has 0 aliphatic carbocycles. The molecule has 1 rings (SSSR count). The topological polar surface area (TPSA) is 72.5 Å². The Bertz CT molecular complexity index is 561. The summed E-state index contributed by atoms with van der Waals surface area (Å²) in [5.74, 6) is -0.461. The van der Waals surface area contributed by atoms with E-state index < -0.39 is 16.0 Å². The van der Waals surface area contributed by atoms with E-state index in [1.54, 1.807) is 6.92 Å². The summed E-state index contributed by atoms with van der Waals surface area (Å²) in [5, 5.41) is 0. The summed E-state index contributed by atoms with van der Waals surface area (Å²) >= 11 is 0. The molecule has 0 fully saturated rings. The summed E-state index contributed by atoms with van der Waals surface area (Å²) in [6, 6.07) is 5.67. The molecule has 1 aromatic carbocycles. The van der Waals surface area contributed by atoms with E-state index in [2.05, 4.69) is 4.72 Å². The van der Waals surface area contributed by atoms with Gasteiger partial charge in [0.05, 0.1) is 17.1 Å². The second-order valence-corrected chi connectivity index (χ2v) is 5.77. The Hall–Kier alpha value is -1.66. The molecule has 0 radical (unpaired) electrons. The molecule has 0 aromatic heterocycles. The van der Waals surface area contributed by atoms with Crippen LogP contribution in [0.15, 0.2) is 41.3 Å². The van der Waals surface area contributed by atoms with Gasteiger partial charge in [0.1, 0.15) is 0 Å². The first-order valence-electron chi connectivity index (χ1n) is 6.39. The van der Waals surface area contributed by atoms with Crippen molar-refractivity contribution in [3.63, 3.8) is 0 Å². The number of rotatable bonds is 7. The third-order valence-corrected chi connectivity index (χ3v) is 3.99. The zero-order valence-corrected chi connectivity index (χ0v) is 12.4. The van der Waals surface area contributed by atoms with Crippen LogP contribution in [0.3, 0.4) is 0 Å². The van der Waals surface area contributed by atoms with Gasteiger partial charge in [0.25, 0.3) is 0 Å². The SMILES string of the molecule is C/C=C/CCNS(=O)(=O)c1ccc(C(=O)OCC)cc1. The highest BCUT2D eigenvalue weighted by Crippen LogP contribution is 2.11. The van der Waals surface area contributed by atoms with Crippen molar-refractivity contribution >= 4 is 16.0 Å². The van der Waals surface area contributed by atoms with Crippen molar-refractivity contribution in [2.45, 2.75) is 25.2 Å². The molecule has 110 valence electrons. The quantitative estimate of drug-likeness (QED) is 0.475. The average Bonchev–Trinajstić information content (AvgIpc) is 2.44. The number of ether oxygens (including phenoxy) is 1. The highest BCUT2D eigenvalue weighted by Gasteiger charge is 2.14. The van der Waals surface area contributed by atoms with Crippen LogP contribution in [0.5, 0.6) is 0 Å². The number of esters is 1. The summed E-state index contributed by atoms with van der Waals surface area (Å²) in [6.45, 7) is 4.21. The van der Waals surface area contributed by atoms with Crippen molar-refractivity contribution in [2.75, 3.05) is 13.2 Å². The van der Waals surface area contributed by atoms with Crippen LogP contribution in [-0.4, -0.2) is 27.5 Å². The molecule has 0 spiro atoms. The minimum Gasteiger partial charge on any atom is -0.462 e. The molecule has 20 heavy (non-hydrogen) atoms. The fourth-order valence-corrected chi connectivity index (χ4v) is 2.56. The minimum atomic E-state index is -3.53. The van der Waals surface area contributed by atoms with Crippen molar-refractivity contribution in [3.05, 3.63) is 42.0 Å². The monoisotopic (exact) mass is 297 g/mol. The summed E-state index contributed by atoms with van der Waals surface area (Å²) in [4.78, 5) is 11.6. The van der Waals surface area contributed by atoms with Gasteiger partial charge in [-0.15, -0.1) is 0 Å². The van der Waals surface area contributed by atoms with Gasteiger partial charge in [0.15, 0.2) is 0 Å². The van der Waals surface area contributed by atoms with Crippen molar-refractivity contribution in [1.29, 1.82) is 0 Å². The molecule has 0 aliphatic rings. The van der Waals surface area contributed by atoms with Crippen molar-refractivity contribution in [2.24, 2.45) is 0 Å². The Morgan fingerprint density at radius 1 is 1.30 bits per heavy atom. The molecule has 1 aromatic rings. The van der Waals surface area contributed by atoms with Gasteiger partial charge >= 0.3 is 5.97 Å². The minimum absolute atomic E-state index is 0.131. The highest BCUT2D eigenvalue weighted by atomic mass is 32.2. The summed E-state index contributed by atoms with van der Waals surface area (Å²) < 4.78 is 31.2. The van der Waals surface area contributed by atoms with E-state index in [9.17, 15) is 13.2 Å². The van der Waals surface area contributed by atoms with Crippen molar-refractivity contribution in [3.8, 4) is 0 Å². The largest absolute Gasteiger partial charge is 0.462 e. The van der Waals surface area contributed by atoms with Crippen LogP contribution in [0.1, 0.15) is 30.6 Å². The van der Waals surface area contributed by atoms with Gasteiger partial charge in [-0.05, 0) is 44.5 Å². The lowest BCUT2D eigenvalue weighted by molar-refractivity contribution is 0.0526. The van der Waals surface area contributed by atoms with E-state index in [4.69, 9.17) is 4.74 Å². The van der Waals surface area contributed by atoms with E-state index in [0.29, 0.717) is 18.5 Å². The van der Waals surface area contributed by atoms with Gasteiger partial charge in [0, 0.05) is 6.54 Å². The second kappa shape index (κ2) is 7.81. The second-order valence-electron chi connectivity index (χ2n) is 4.00. The first kappa shape index (κ1) is 16.4. The number of nitrogens with one attached hydrogen (secondary N) is 1. The maximum Gasteiger partial charge on any atom is 0.338 e. The van der Waals surface area contributed by atoms with Gasteiger partial charge < -0.3 is 4.74 Å². The molecule has 0 amide bonds. The maximum atomic E-state index is 12.0. The zero-order chi connectivity index (χ0) is 15.0. The van der Waals surface area contributed by atoms with Crippen LogP contribution in [0.2, 0.25) is 0 Å². The number of allylic oxidation sites excluding steroid dienone is 1. The predicted octanol–water partition coefficient (Wildman–Crippen LogP) is 2.11. The summed E-state index contributed by atoms with van der Waals surface area (Å²) in [7, 11) is -3.53. The molecule has 0 saturated carbocycles. The van der Waals surface area contributed by atoms with E-state index in [1.165, 1.54) is 24.3 Å². The number of sulfonamides is 1. The van der Waals surface area contributed by atoms with Crippen LogP contribution < -0.4 is 4.72 Å². The lowest BCUT2D eigenvalue weighted by Crippen LogP contribution is -2.24. The lowest BCUT2D eigenvalue weighted by Gasteiger charge is -2.06. The van der Waals surface area contributed by atoms with Gasteiger partial charge in [-0.3, -0.25) is 0 Å². The van der Waals surface area contributed by atoms with E-state index in [0.717, 1.165) is 0 Å². The number of carbonyl (C=O) groups is 1. The molecule has 0 heterocycles. The number of benzene rings is 1. The van der Waals surface area contributed by atoms with Crippen LogP contribution in [-0.2, 0) is 14.8 Å². The highest BCUT2D eigenvalue weighted by molar-refractivity contribution is 7.89. The molecule has 0 saturated heterocycles. The Kier molecular flexibility index (Phi) is 6.41. The Labute approximate surface area is 119 Å². The molecule has 0 aliphatic heterocycles. The van der Waals surface area contributed by atoms with Gasteiger partial charge in [-0.2, -0.15) is 0 Å². The molecule has 5 nitrogen and oxygen atoms in total. The van der Waals surface area contributed by atoms with Crippen molar-refractivity contribution < 1.29 is 17.9 Å². The van der Waals surface area contributed by atoms with Crippen LogP contribution >= 0.6 is 0 Å². The Balaban J connectivity index is 2.74. The predicted molar refractivity (Wildman–Crippen MR) is 77.0 cm³/mol. The maximum absolute atomic E-state index is 12.0. The Morgan fingerprint density at radius 2 is 1.95 bits per heavy atom. The van der Waals surface area contributed by atoms with Gasteiger partial charge in [-0.25, -0.2) is 17.9 Å². The van der Waals surface area contributed by atoms with E-state index in [-0.39, 0.29) is 11.5 Å². The van der Waals surface area contributed by atoms with Crippen LogP contribution in [0.4, 0.5) is 0 Å². The third-order valence-electron chi connectivity index (χ3n) is 2.51. The molecule has 0 atom stereocenters. The van der Waals surface area contributed by atoms with E-state index in [1.807, 2.05) is 19.1 Å². The Morgan fingerprint density at radius 3 is 2.50 bits per heavy atom. The smallest absolute Gasteiger partial charge is 0.338 e. The van der Waals surface area contributed by atoms with Gasteiger partial charge in [0.2, 0.25) is 10.0 Å². The summed E-state index contributed by atoms with van der Waals surface area (Å²) in [5.41, 5.74) is 0.333. The molecule has 1 N–H and O–H groups in total. The fraction of sp³-hybridized carbons (Fsp3) is 0.357. The lowest BCUT2D eigenvalue weighted by atomic mass is 10.2. The first-order chi connectivity index (χ1) is 9.51. The molecule has 0 bridgehead atoms. The average molecular weight is 297 g/mol. The standard InChI is InChI=1S/C14H19NO4S/c1-3-5-6-11-15-20(17,18)13-9-7-12(8-10-13)14(16)19-4-2/h3,5,7-10,15H,4,6,11H2,1-2H3/b5-3+. The number of carbonyl (C=O) groups excluding carboxylic acids is 1. The van der Waals surface area contributed by atoms with Crippen LogP contribution in [0, 0.1) is 0 Å².